The van der Waals surface area contributed by atoms with Crippen LogP contribution in [-0.2, 0) is 16.8 Å². The van der Waals surface area contributed by atoms with Crippen molar-refractivity contribution in [2.45, 2.75) is 12.0 Å². The van der Waals surface area contributed by atoms with Crippen molar-refractivity contribution in [1.29, 1.82) is 0 Å². The van der Waals surface area contributed by atoms with Gasteiger partial charge in [0.05, 0.1) is 5.02 Å². The highest BCUT2D eigenvalue weighted by atomic mass is 79.9. The molecule has 0 radical (unpaired) electrons. The van der Waals surface area contributed by atoms with Crippen LogP contribution >= 0.6 is 27.5 Å². The predicted octanol–water partition coefficient (Wildman–Crippen LogP) is 4.16. The number of benzene rings is 2. The molecule has 3 rings (SSSR count). The molecule has 0 spiro atoms. The largest absolute Gasteiger partial charge is 0.478 e. The van der Waals surface area contributed by atoms with E-state index in [1.54, 1.807) is 30.3 Å². The van der Waals surface area contributed by atoms with Gasteiger partial charge in [0.2, 0.25) is 5.60 Å². The number of carboxylic acid groups (broad SMARTS) is 1. The molecule has 1 atom stereocenters. The standard InChI is InChI=1S/C15H9BrClFO3/c16-12-9-7-15(14(19)20,8-4-2-1-3-5-8)21-11(9)6-10(18)13(12)17/h1-6H,7H2,(H,19,20)/t15-/m1/s1. The Morgan fingerprint density at radius 2 is 2.05 bits per heavy atom. The van der Waals surface area contributed by atoms with Crippen molar-refractivity contribution < 1.29 is 19.0 Å². The third-order valence-electron chi connectivity index (χ3n) is 3.52. The average Bonchev–Trinajstić information content (AvgIpc) is 2.87. The Hall–Kier alpha value is -1.59. The van der Waals surface area contributed by atoms with Gasteiger partial charge in [0.25, 0.3) is 0 Å². The number of fused-ring (bicyclic) bond motifs is 1. The first kappa shape index (κ1) is 14.4. The van der Waals surface area contributed by atoms with Crippen LogP contribution in [0.1, 0.15) is 11.1 Å². The summed E-state index contributed by atoms with van der Waals surface area (Å²) in [5, 5.41) is 9.57. The molecule has 1 aliphatic rings. The number of aliphatic carboxylic acids is 1. The normalized spacial score (nSPS) is 20.0. The second kappa shape index (κ2) is 5.00. The van der Waals surface area contributed by atoms with Gasteiger partial charge >= 0.3 is 5.97 Å². The van der Waals surface area contributed by atoms with Gasteiger partial charge in [0, 0.05) is 28.1 Å². The molecule has 6 heteroatoms. The lowest BCUT2D eigenvalue weighted by Crippen LogP contribution is -2.40. The topological polar surface area (TPSA) is 46.5 Å². The molecule has 0 aromatic heterocycles. The molecule has 0 bridgehead atoms. The lowest BCUT2D eigenvalue weighted by Gasteiger charge is -2.24. The summed E-state index contributed by atoms with van der Waals surface area (Å²) in [7, 11) is 0. The third kappa shape index (κ3) is 2.12. The van der Waals surface area contributed by atoms with Crippen molar-refractivity contribution in [3.63, 3.8) is 0 Å². The van der Waals surface area contributed by atoms with Crippen molar-refractivity contribution in [2.24, 2.45) is 0 Å². The molecule has 108 valence electrons. The van der Waals surface area contributed by atoms with Crippen molar-refractivity contribution in [3.05, 3.63) is 62.8 Å². The number of carbonyl (C=O) groups is 1. The minimum Gasteiger partial charge on any atom is -0.478 e. The van der Waals surface area contributed by atoms with Crippen LogP contribution in [0, 0.1) is 5.82 Å². The van der Waals surface area contributed by atoms with E-state index in [1.807, 2.05) is 0 Å². The number of rotatable bonds is 2. The smallest absolute Gasteiger partial charge is 0.353 e. The molecule has 1 aliphatic heterocycles. The van der Waals surface area contributed by atoms with Crippen LogP contribution in [0.25, 0.3) is 0 Å². The zero-order valence-electron chi connectivity index (χ0n) is 10.6. The van der Waals surface area contributed by atoms with Gasteiger partial charge in [-0.25, -0.2) is 9.18 Å². The van der Waals surface area contributed by atoms with E-state index in [9.17, 15) is 14.3 Å². The van der Waals surface area contributed by atoms with Gasteiger partial charge in [-0.05, 0) is 15.9 Å². The lowest BCUT2D eigenvalue weighted by molar-refractivity contribution is -0.154. The summed E-state index contributed by atoms with van der Waals surface area (Å²) in [6.07, 6.45) is 0.0717. The molecule has 0 fully saturated rings. The van der Waals surface area contributed by atoms with Gasteiger partial charge in [-0.15, -0.1) is 0 Å². The molecule has 0 saturated heterocycles. The molecule has 0 unspecified atom stereocenters. The molecule has 2 aromatic carbocycles. The number of ether oxygens (including phenoxy) is 1. The first-order valence-electron chi connectivity index (χ1n) is 6.10. The highest BCUT2D eigenvalue weighted by Crippen LogP contribution is 2.47. The monoisotopic (exact) mass is 370 g/mol. The summed E-state index contributed by atoms with van der Waals surface area (Å²) in [4.78, 5) is 11.8. The average molecular weight is 372 g/mol. The molecule has 1 heterocycles. The molecular weight excluding hydrogens is 363 g/mol. The van der Waals surface area contributed by atoms with E-state index in [-0.39, 0.29) is 17.2 Å². The molecule has 21 heavy (non-hydrogen) atoms. The second-order valence-corrected chi connectivity index (χ2v) is 5.91. The summed E-state index contributed by atoms with van der Waals surface area (Å²) in [5.74, 6) is -1.60. The van der Waals surface area contributed by atoms with E-state index in [4.69, 9.17) is 16.3 Å². The van der Waals surface area contributed by atoms with Crippen molar-refractivity contribution in [1.82, 2.24) is 0 Å². The Morgan fingerprint density at radius 1 is 1.38 bits per heavy atom. The Kier molecular flexibility index (Phi) is 3.42. The summed E-state index contributed by atoms with van der Waals surface area (Å²) < 4.78 is 19.7. The zero-order chi connectivity index (χ0) is 15.2. The summed E-state index contributed by atoms with van der Waals surface area (Å²) in [6, 6.07) is 9.71. The van der Waals surface area contributed by atoms with Crippen LogP contribution < -0.4 is 4.74 Å². The first-order chi connectivity index (χ1) is 9.95. The summed E-state index contributed by atoms with van der Waals surface area (Å²) >= 11 is 9.07. The number of hydrogen-bond donors (Lipinski definition) is 1. The van der Waals surface area contributed by atoms with Crippen LogP contribution in [0.2, 0.25) is 5.02 Å². The van der Waals surface area contributed by atoms with Gasteiger partial charge in [-0.3, -0.25) is 0 Å². The molecule has 3 nitrogen and oxygen atoms in total. The van der Waals surface area contributed by atoms with Gasteiger partial charge in [0.1, 0.15) is 11.6 Å². The minimum absolute atomic E-state index is 0.0717. The van der Waals surface area contributed by atoms with Crippen molar-refractivity contribution >= 4 is 33.5 Å². The quantitative estimate of drug-likeness (QED) is 0.807. The molecule has 0 amide bonds. The van der Waals surface area contributed by atoms with Gasteiger partial charge in [0.15, 0.2) is 0 Å². The second-order valence-electron chi connectivity index (χ2n) is 4.74. The lowest BCUT2D eigenvalue weighted by atomic mass is 9.89. The van der Waals surface area contributed by atoms with Gasteiger partial charge in [-0.2, -0.15) is 0 Å². The molecule has 0 saturated carbocycles. The molecule has 0 aliphatic carbocycles. The maximum Gasteiger partial charge on any atom is 0.353 e. The van der Waals surface area contributed by atoms with E-state index >= 15 is 0 Å². The van der Waals surface area contributed by atoms with Crippen LogP contribution in [0.3, 0.4) is 0 Å². The fraction of sp³-hybridized carbons (Fsp3) is 0.133. The van der Waals surface area contributed by atoms with Gasteiger partial charge < -0.3 is 9.84 Å². The van der Waals surface area contributed by atoms with Gasteiger partial charge in [-0.1, -0.05) is 41.9 Å². The Balaban J connectivity index is 2.17. The highest BCUT2D eigenvalue weighted by molar-refractivity contribution is 9.10. The maximum atomic E-state index is 13.7. The maximum absolute atomic E-state index is 13.7. The number of hydrogen-bond acceptors (Lipinski definition) is 2. The summed E-state index contributed by atoms with van der Waals surface area (Å²) in [6.45, 7) is 0. The highest BCUT2D eigenvalue weighted by Gasteiger charge is 2.49. The minimum atomic E-state index is -1.57. The van der Waals surface area contributed by atoms with Crippen molar-refractivity contribution in [2.75, 3.05) is 0 Å². The predicted molar refractivity (Wildman–Crippen MR) is 79.2 cm³/mol. The van der Waals surface area contributed by atoms with Crippen LogP contribution in [0.4, 0.5) is 4.39 Å². The molecular formula is C15H9BrClFO3. The van der Waals surface area contributed by atoms with Crippen LogP contribution in [0.15, 0.2) is 40.9 Å². The van der Waals surface area contributed by atoms with E-state index in [1.165, 1.54) is 0 Å². The fourth-order valence-corrected chi connectivity index (χ4v) is 3.14. The SMILES string of the molecule is O=C(O)[C@]1(c2ccccc2)Cc2c(cc(F)c(Cl)c2Br)O1. The first-order valence-corrected chi connectivity index (χ1v) is 7.27. The van der Waals surface area contributed by atoms with Crippen LogP contribution in [-0.4, -0.2) is 11.1 Å². The number of carboxylic acids is 1. The summed E-state index contributed by atoms with van der Waals surface area (Å²) in [5.41, 5.74) is -0.520. The van der Waals surface area contributed by atoms with E-state index < -0.39 is 17.4 Å². The van der Waals surface area contributed by atoms with E-state index in [2.05, 4.69) is 15.9 Å². The zero-order valence-corrected chi connectivity index (χ0v) is 12.9. The fourth-order valence-electron chi connectivity index (χ4n) is 2.45. The van der Waals surface area contributed by atoms with Crippen molar-refractivity contribution in [3.8, 4) is 5.75 Å². The molecule has 2 aromatic rings. The molecule has 1 N–H and O–H groups in total. The van der Waals surface area contributed by atoms with Crippen LogP contribution in [0.5, 0.6) is 5.75 Å². The van der Waals surface area contributed by atoms with E-state index in [0.29, 0.717) is 15.6 Å². The van der Waals surface area contributed by atoms with E-state index in [0.717, 1.165) is 6.07 Å². The third-order valence-corrected chi connectivity index (χ3v) is 4.99. The Bertz CT molecular complexity index is 735. The Labute approximate surface area is 133 Å². The number of halogens is 3. The Morgan fingerprint density at radius 3 is 2.67 bits per heavy atom.